The second-order valence-electron chi connectivity index (χ2n) is 17.5. The van der Waals surface area contributed by atoms with Crippen LogP contribution in [-0.2, 0) is 50.9 Å². The molecule has 0 fully saturated rings. The average Bonchev–Trinajstić information content (AvgIpc) is 4.21. The first kappa shape index (κ1) is 57.5. The van der Waals surface area contributed by atoms with Crippen LogP contribution in [0.1, 0.15) is 112 Å². The summed E-state index contributed by atoms with van der Waals surface area (Å²) in [4.78, 5) is 51.7. The van der Waals surface area contributed by atoms with Gasteiger partial charge < -0.3 is 30.6 Å². The molecule has 4 heterocycles. The number of amides is 2. The van der Waals surface area contributed by atoms with Gasteiger partial charge >= 0.3 is 36.6 Å². The van der Waals surface area contributed by atoms with Gasteiger partial charge in [-0.15, -0.1) is 11.8 Å². The average molecular weight is 1180 g/mol. The molecule has 0 bridgehead atoms. The number of thioether (sulfide) groups is 1. The molecule has 0 saturated carbocycles. The standard InChI is InChI=1S/C25H22F6N4O3S.C24H19BrF6N4O3/c1-13(15-3-5-16(6-4-15)23(37)38)32-21(36)19-20(25(29,30)31)33-35-8-7-34(22(19)35)12-14-9-17(24(26,27)28)11-18(10-14)39-2;1-12(14-2-4-15(5-3-14)22(37)38)32-20(36)18-19(24(29,30)31)33-35-7-6-34(21(18)35)11-13-8-16(23(26,27)28)10-17(25)9-13/h3-6,9-11,13H,7-8,12H2,1-2H3,(H,32,36)(H,37,38);2-5,8-10,12H,6-7,11H2,1H3,(H,32,36)(H,37,38)/t13-;12-/m00/s1. The molecule has 77 heavy (non-hydrogen) atoms. The number of fused-ring (bicyclic) bond motifs is 2. The molecular formula is C49H41BrF12N8O6S. The van der Waals surface area contributed by atoms with Crippen LogP contribution in [0.15, 0.2) is 94.3 Å². The van der Waals surface area contributed by atoms with Crippen molar-refractivity contribution in [2.75, 3.05) is 29.1 Å². The molecule has 0 saturated heterocycles. The lowest BCUT2D eigenvalue weighted by molar-refractivity contribution is -0.142. The van der Waals surface area contributed by atoms with Gasteiger partial charge in [-0.1, -0.05) is 40.2 Å². The molecule has 2 amide bonds. The van der Waals surface area contributed by atoms with E-state index in [0.717, 1.165) is 45.4 Å². The Bertz CT molecular complexity index is 3210. The first-order valence-corrected chi connectivity index (χ1v) is 24.6. The lowest BCUT2D eigenvalue weighted by atomic mass is 10.1. The second-order valence-corrected chi connectivity index (χ2v) is 19.3. The molecule has 410 valence electrons. The summed E-state index contributed by atoms with van der Waals surface area (Å²) in [6.07, 6.45) is -17.6. The van der Waals surface area contributed by atoms with E-state index in [9.17, 15) is 71.9 Å². The maximum Gasteiger partial charge on any atom is 0.436 e. The third-order valence-corrected chi connectivity index (χ3v) is 13.3. The van der Waals surface area contributed by atoms with Crippen LogP contribution in [0.4, 0.5) is 64.3 Å². The summed E-state index contributed by atoms with van der Waals surface area (Å²) in [5.41, 5.74) is -4.79. The van der Waals surface area contributed by atoms with Crippen molar-refractivity contribution in [2.45, 2.75) is 81.7 Å². The maximum atomic E-state index is 13.9. The number of carboxylic acids is 2. The lowest BCUT2D eigenvalue weighted by Crippen LogP contribution is -2.31. The summed E-state index contributed by atoms with van der Waals surface area (Å²) >= 11 is 4.13. The fourth-order valence-electron chi connectivity index (χ4n) is 8.54. The van der Waals surface area contributed by atoms with Crippen molar-refractivity contribution in [2.24, 2.45) is 0 Å². The largest absolute Gasteiger partial charge is 0.478 e. The van der Waals surface area contributed by atoms with Crippen molar-refractivity contribution < 1.29 is 82.1 Å². The molecule has 0 radical (unpaired) electrons. The Morgan fingerprint density at radius 1 is 0.571 bits per heavy atom. The number of rotatable bonds is 13. The minimum atomic E-state index is -4.97. The molecule has 4 aromatic carbocycles. The quantitative estimate of drug-likeness (QED) is 0.0640. The number of nitrogens with zero attached hydrogens (tertiary/aromatic N) is 6. The third kappa shape index (κ3) is 13.1. The molecule has 14 nitrogen and oxygen atoms in total. The van der Waals surface area contributed by atoms with Gasteiger partial charge in [0.1, 0.15) is 22.8 Å². The monoisotopic (exact) mass is 1180 g/mol. The summed E-state index contributed by atoms with van der Waals surface area (Å²) in [5.74, 6) is -4.77. The minimum Gasteiger partial charge on any atom is -0.478 e. The molecule has 8 rings (SSSR count). The smallest absolute Gasteiger partial charge is 0.436 e. The van der Waals surface area contributed by atoms with E-state index < -0.39 is 94.2 Å². The number of aromatic nitrogens is 4. The lowest BCUT2D eigenvalue weighted by Gasteiger charge is -2.22. The minimum absolute atomic E-state index is 0.000883. The third-order valence-electron chi connectivity index (χ3n) is 12.2. The van der Waals surface area contributed by atoms with Gasteiger partial charge in [-0.05, 0) is 103 Å². The fourth-order valence-corrected chi connectivity index (χ4v) is 9.59. The van der Waals surface area contributed by atoms with E-state index in [2.05, 4.69) is 36.8 Å². The zero-order valence-electron chi connectivity index (χ0n) is 40.0. The van der Waals surface area contributed by atoms with E-state index in [1.54, 1.807) is 6.26 Å². The van der Waals surface area contributed by atoms with E-state index in [4.69, 9.17) is 10.2 Å². The number of hydrogen-bond donors (Lipinski definition) is 4. The van der Waals surface area contributed by atoms with Crippen LogP contribution in [0.2, 0.25) is 0 Å². The first-order valence-electron chi connectivity index (χ1n) is 22.6. The van der Waals surface area contributed by atoms with Crippen molar-refractivity contribution in [3.63, 3.8) is 0 Å². The number of alkyl halides is 12. The predicted molar refractivity (Wildman–Crippen MR) is 257 cm³/mol. The Morgan fingerprint density at radius 2 is 0.948 bits per heavy atom. The highest BCUT2D eigenvalue weighted by Gasteiger charge is 2.46. The van der Waals surface area contributed by atoms with Crippen LogP contribution in [0.3, 0.4) is 0 Å². The summed E-state index contributed by atoms with van der Waals surface area (Å²) in [6, 6.07) is 16.0. The Morgan fingerprint density at radius 3 is 1.30 bits per heavy atom. The van der Waals surface area contributed by atoms with Crippen LogP contribution < -0.4 is 20.4 Å². The molecule has 0 unspecified atom stereocenters. The van der Waals surface area contributed by atoms with E-state index in [0.29, 0.717) is 16.0 Å². The highest BCUT2D eigenvalue weighted by molar-refractivity contribution is 9.10. The second kappa shape index (κ2) is 22.0. The van der Waals surface area contributed by atoms with Crippen molar-refractivity contribution in [3.8, 4) is 0 Å². The Balaban J connectivity index is 0.000000224. The molecule has 2 aliphatic rings. The van der Waals surface area contributed by atoms with Gasteiger partial charge in [-0.25, -0.2) is 19.0 Å². The molecule has 2 aromatic heterocycles. The topological polar surface area (TPSA) is 175 Å². The Kier molecular flexibility index (Phi) is 16.4. The zero-order chi connectivity index (χ0) is 56.7. The van der Waals surface area contributed by atoms with E-state index >= 15 is 0 Å². The van der Waals surface area contributed by atoms with Crippen molar-refractivity contribution in [1.29, 1.82) is 0 Å². The van der Waals surface area contributed by atoms with Crippen LogP contribution in [0.25, 0.3) is 0 Å². The molecule has 0 aliphatic carbocycles. The number of anilines is 2. The van der Waals surface area contributed by atoms with Gasteiger partial charge in [0.05, 0.1) is 47.4 Å². The predicted octanol–water partition coefficient (Wildman–Crippen LogP) is 11.7. The summed E-state index contributed by atoms with van der Waals surface area (Å²) in [6.45, 7) is 2.94. The van der Waals surface area contributed by atoms with Crippen molar-refractivity contribution in [3.05, 3.63) is 156 Å². The molecule has 28 heteroatoms. The van der Waals surface area contributed by atoms with E-state index in [1.165, 1.54) is 84.3 Å². The fraction of sp³-hybridized carbons (Fsp3) is 0.306. The number of aromatic carboxylic acids is 2. The number of carbonyl (C=O) groups is 4. The SMILES string of the molecule is CSc1cc(CN2CCn3nc(C(F)(F)F)c(C(=O)N[C@@H](C)c4ccc(C(=O)O)cc4)c32)cc(C(F)(F)F)c1.C[C@H](NC(=O)c1c(C(F)(F)F)nn2c1N(Cc1cc(Br)cc(C(F)(F)F)c1)CC2)c1ccc(C(=O)O)cc1. The van der Waals surface area contributed by atoms with E-state index in [1.807, 2.05) is 0 Å². The van der Waals surface area contributed by atoms with Crippen molar-refractivity contribution >= 4 is 63.1 Å². The van der Waals surface area contributed by atoms with Gasteiger partial charge in [-0.2, -0.15) is 62.9 Å². The molecule has 2 atom stereocenters. The number of nitrogens with one attached hydrogen (secondary N) is 2. The number of hydrogen-bond acceptors (Lipinski definition) is 9. The summed E-state index contributed by atoms with van der Waals surface area (Å²) < 4.78 is 166. The Labute approximate surface area is 441 Å². The molecule has 2 aliphatic heterocycles. The maximum absolute atomic E-state index is 13.9. The van der Waals surface area contributed by atoms with Gasteiger partial charge in [0.15, 0.2) is 11.4 Å². The number of carboxylic acid groups (broad SMARTS) is 2. The van der Waals surface area contributed by atoms with Gasteiger partial charge in [0.2, 0.25) is 0 Å². The van der Waals surface area contributed by atoms with Crippen LogP contribution in [0.5, 0.6) is 0 Å². The van der Waals surface area contributed by atoms with E-state index in [-0.39, 0.29) is 77.6 Å². The van der Waals surface area contributed by atoms with Gasteiger partial charge in [0.25, 0.3) is 11.8 Å². The molecule has 0 spiro atoms. The van der Waals surface area contributed by atoms with Gasteiger partial charge in [0, 0.05) is 35.5 Å². The normalized spacial score (nSPS) is 14.3. The Hall–Kier alpha value is -7.23. The zero-order valence-corrected chi connectivity index (χ0v) is 42.4. The van der Waals surface area contributed by atoms with Crippen LogP contribution in [-0.4, -0.2) is 72.9 Å². The van der Waals surface area contributed by atoms with Gasteiger partial charge in [-0.3, -0.25) is 9.59 Å². The highest BCUT2D eigenvalue weighted by atomic mass is 79.9. The van der Waals surface area contributed by atoms with Crippen molar-refractivity contribution in [1.82, 2.24) is 30.2 Å². The van der Waals surface area contributed by atoms with Crippen LogP contribution >= 0.6 is 27.7 Å². The first-order chi connectivity index (χ1) is 35.8. The summed E-state index contributed by atoms with van der Waals surface area (Å²) in [7, 11) is 0. The highest BCUT2D eigenvalue weighted by Crippen LogP contribution is 2.42. The molecule has 6 aromatic rings. The van der Waals surface area contributed by atoms with Crippen LogP contribution in [0, 0.1) is 0 Å². The summed E-state index contributed by atoms with van der Waals surface area (Å²) in [5, 5.41) is 30.3. The molecular weight excluding hydrogens is 1140 g/mol. The number of halogens is 13. The molecule has 4 N–H and O–H groups in total. The number of carbonyl (C=O) groups excluding carboxylic acids is 2. The number of benzene rings is 4.